The van der Waals surface area contributed by atoms with Gasteiger partial charge in [0.2, 0.25) is 0 Å². The molecular formula is C32H24F3NO5. The number of benzene rings is 4. The Kier molecular flexibility index (Phi) is 8.05. The monoisotopic (exact) mass is 559 g/mol. The van der Waals surface area contributed by atoms with E-state index in [2.05, 4.69) is 4.98 Å². The molecule has 5 rings (SSSR count). The first kappa shape index (κ1) is 27.5. The zero-order valence-corrected chi connectivity index (χ0v) is 21.6. The fourth-order valence-electron chi connectivity index (χ4n) is 4.20. The van der Waals surface area contributed by atoms with Gasteiger partial charge in [0, 0.05) is 10.9 Å². The highest BCUT2D eigenvalue weighted by molar-refractivity contribution is 6.02. The highest BCUT2D eigenvalue weighted by Crippen LogP contribution is 2.29. The van der Waals surface area contributed by atoms with Crippen LogP contribution >= 0.6 is 0 Å². The lowest BCUT2D eigenvalue weighted by molar-refractivity contribution is -0.0886. The number of esters is 1. The molecule has 1 heterocycles. The summed E-state index contributed by atoms with van der Waals surface area (Å²) in [7, 11) is 0. The number of rotatable bonds is 10. The summed E-state index contributed by atoms with van der Waals surface area (Å²) in [5.74, 6) is -2.03. The maximum atomic E-state index is 13.0. The highest BCUT2D eigenvalue weighted by atomic mass is 19.4. The number of carbonyl (C=O) groups is 2. The predicted molar refractivity (Wildman–Crippen MR) is 146 cm³/mol. The Hall–Kier alpha value is -5.05. The van der Waals surface area contributed by atoms with Crippen molar-refractivity contribution < 1.29 is 37.0 Å². The molecule has 9 heteroatoms. The number of alkyl halides is 3. The van der Waals surface area contributed by atoms with Gasteiger partial charge in [-0.2, -0.15) is 13.2 Å². The normalized spacial score (nSPS) is 11.3. The first-order valence-corrected chi connectivity index (χ1v) is 12.6. The third kappa shape index (κ3) is 6.75. The minimum atomic E-state index is -5.00. The SMILES string of the molecule is O=C(OCc1ccccc1)c1cc2cc(OCc3ccccc3COc3ccccc3C(=O)C(F)(F)F)ccc2[nH]1. The van der Waals surface area contributed by atoms with Crippen molar-refractivity contribution in [2.24, 2.45) is 0 Å². The van der Waals surface area contributed by atoms with Gasteiger partial charge < -0.3 is 19.2 Å². The zero-order valence-electron chi connectivity index (χ0n) is 21.6. The van der Waals surface area contributed by atoms with Gasteiger partial charge in [-0.05, 0) is 53.1 Å². The van der Waals surface area contributed by atoms with Gasteiger partial charge in [-0.3, -0.25) is 4.79 Å². The van der Waals surface area contributed by atoms with Gasteiger partial charge in [0.05, 0.1) is 5.56 Å². The number of Topliss-reactive ketones (excluding diaryl/α,β-unsaturated/α-hetero) is 1. The summed E-state index contributed by atoms with van der Waals surface area (Å²) >= 11 is 0. The second kappa shape index (κ2) is 12.0. The molecule has 0 bridgehead atoms. The van der Waals surface area contributed by atoms with Crippen molar-refractivity contribution in [1.29, 1.82) is 0 Å². The van der Waals surface area contributed by atoms with Crippen molar-refractivity contribution in [2.75, 3.05) is 0 Å². The van der Waals surface area contributed by atoms with E-state index < -0.39 is 23.5 Å². The zero-order chi connectivity index (χ0) is 28.8. The first-order valence-electron chi connectivity index (χ1n) is 12.6. The highest BCUT2D eigenvalue weighted by Gasteiger charge is 2.40. The van der Waals surface area contributed by atoms with E-state index in [4.69, 9.17) is 14.2 Å². The van der Waals surface area contributed by atoms with Gasteiger partial charge in [-0.15, -0.1) is 0 Å². The number of ether oxygens (including phenoxy) is 3. The summed E-state index contributed by atoms with van der Waals surface area (Å²) in [6, 6.07) is 28.9. The molecule has 0 aliphatic heterocycles. The number of nitrogens with one attached hydrogen (secondary N) is 1. The number of hydrogen-bond donors (Lipinski definition) is 1. The Morgan fingerprint density at radius 1 is 0.707 bits per heavy atom. The van der Waals surface area contributed by atoms with E-state index in [0.717, 1.165) is 28.1 Å². The molecule has 208 valence electrons. The molecule has 0 unspecified atom stereocenters. The number of halogens is 3. The van der Waals surface area contributed by atoms with Gasteiger partial charge in [0.1, 0.15) is 37.0 Å². The van der Waals surface area contributed by atoms with Gasteiger partial charge >= 0.3 is 12.1 Å². The minimum Gasteiger partial charge on any atom is -0.489 e. The minimum absolute atomic E-state index is 0.0625. The van der Waals surface area contributed by atoms with Crippen LogP contribution in [-0.4, -0.2) is 22.9 Å². The fraction of sp³-hybridized carbons (Fsp3) is 0.125. The number of aromatic amines is 1. The maximum absolute atomic E-state index is 13.0. The summed E-state index contributed by atoms with van der Waals surface area (Å²) in [6.07, 6.45) is -5.00. The van der Waals surface area contributed by atoms with E-state index >= 15 is 0 Å². The third-order valence-corrected chi connectivity index (χ3v) is 6.31. The molecule has 6 nitrogen and oxygen atoms in total. The standard InChI is InChI=1S/C32H24F3NO5/c33-32(34,35)30(37)26-12-6-7-13-29(26)40-20-23-11-5-4-10-22(23)19-39-25-14-15-27-24(16-25)17-28(36-27)31(38)41-18-21-8-2-1-3-9-21/h1-17,36H,18-20H2. The number of carbonyl (C=O) groups excluding carboxylic acids is 2. The van der Waals surface area contributed by atoms with Crippen molar-refractivity contribution >= 4 is 22.7 Å². The Bertz CT molecular complexity index is 1680. The number of aromatic nitrogens is 1. The Morgan fingerprint density at radius 3 is 2.10 bits per heavy atom. The van der Waals surface area contributed by atoms with E-state index in [9.17, 15) is 22.8 Å². The summed E-state index contributed by atoms with van der Waals surface area (Å²) in [6.45, 7) is 0.258. The molecule has 0 amide bonds. The Morgan fingerprint density at radius 2 is 1.37 bits per heavy atom. The Balaban J connectivity index is 1.23. The second-order valence-corrected chi connectivity index (χ2v) is 9.16. The van der Waals surface area contributed by atoms with Crippen LogP contribution in [0, 0.1) is 0 Å². The summed E-state index contributed by atoms with van der Waals surface area (Å²) in [5.41, 5.74) is 2.85. The fourth-order valence-corrected chi connectivity index (χ4v) is 4.20. The molecule has 5 aromatic rings. The van der Waals surface area contributed by atoms with E-state index in [1.165, 1.54) is 18.2 Å². The number of fused-ring (bicyclic) bond motifs is 1. The van der Waals surface area contributed by atoms with Crippen LogP contribution in [0.4, 0.5) is 13.2 Å². The molecular weight excluding hydrogens is 535 g/mol. The number of para-hydroxylation sites is 1. The first-order chi connectivity index (χ1) is 19.8. The molecule has 4 aromatic carbocycles. The van der Waals surface area contributed by atoms with Gasteiger partial charge in [-0.25, -0.2) is 4.79 Å². The van der Waals surface area contributed by atoms with E-state index in [1.54, 1.807) is 36.4 Å². The van der Waals surface area contributed by atoms with Gasteiger partial charge in [0.25, 0.3) is 5.78 Å². The van der Waals surface area contributed by atoms with Crippen LogP contribution in [0.1, 0.15) is 37.5 Å². The summed E-state index contributed by atoms with van der Waals surface area (Å²) < 4.78 is 56.0. The van der Waals surface area contributed by atoms with Crippen molar-refractivity contribution in [3.63, 3.8) is 0 Å². The van der Waals surface area contributed by atoms with Crippen LogP contribution in [0.3, 0.4) is 0 Å². The topological polar surface area (TPSA) is 77.6 Å². The summed E-state index contributed by atoms with van der Waals surface area (Å²) in [4.78, 5) is 27.4. The molecule has 0 radical (unpaired) electrons. The molecule has 0 fully saturated rings. The lowest BCUT2D eigenvalue weighted by Crippen LogP contribution is -2.23. The van der Waals surface area contributed by atoms with E-state index in [0.29, 0.717) is 17.0 Å². The Labute approximate surface area is 233 Å². The average Bonchev–Trinajstić information content (AvgIpc) is 3.42. The molecule has 0 aliphatic rings. The van der Waals surface area contributed by atoms with Crippen LogP contribution < -0.4 is 9.47 Å². The quantitative estimate of drug-likeness (QED) is 0.142. The average molecular weight is 560 g/mol. The molecule has 1 aromatic heterocycles. The lowest BCUT2D eigenvalue weighted by Gasteiger charge is -2.15. The smallest absolute Gasteiger partial charge is 0.455 e. The second-order valence-electron chi connectivity index (χ2n) is 9.16. The van der Waals surface area contributed by atoms with Gasteiger partial charge in [0.15, 0.2) is 0 Å². The van der Waals surface area contributed by atoms with Crippen molar-refractivity contribution in [3.8, 4) is 11.5 Å². The van der Waals surface area contributed by atoms with Crippen LogP contribution in [-0.2, 0) is 24.6 Å². The summed E-state index contributed by atoms with van der Waals surface area (Å²) in [5, 5.41) is 0.761. The van der Waals surface area contributed by atoms with Crippen LogP contribution in [0.2, 0.25) is 0 Å². The molecule has 0 spiro atoms. The molecule has 0 saturated heterocycles. The number of ketones is 1. The predicted octanol–water partition coefficient (Wildman–Crippen LogP) is 7.43. The van der Waals surface area contributed by atoms with Crippen LogP contribution in [0.25, 0.3) is 10.9 Å². The van der Waals surface area contributed by atoms with Crippen molar-refractivity contribution in [1.82, 2.24) is 4.98 Å². The van der Waals surface area contributed by atoms with Crippen molar-refractivity contribution in [2.45, 2.75) is 26.0 Å². The number of H-pyrrole nitrogens is 1. The molecule has 0 atom stereocenters. The number of hydrogen-bond acceptors (Lipinski definition) is 5. The van der Waals surface area contributed by atoms with E-state index in [-0.39, 0.29) is 25.6 Å². The molecule has 41 heavy (non-hydrogen) atoms. The molecule has 0 saturated carbocycles. The largest absolute Gasteiger partial charge is 0.489 e. The maximum Gasteiger partial charge on any atom is 0.455 e. The van der Waals surface area contributed by atoms with E-state index in [1.807, 2.05) is 42.5 Å². The van der Waals surface area contributed by atoms with Crippen LogP contribution in [0.5, 0.6) is 11.5 Å². The van der Waals surface area contributed by atoms with Gasteiger partial charge in [-0.1, -0.05) is 66.7 Å². The third-order valence-electron chi connectivity index (χ3n) is 6.31. The van der Waals surface area contributed by atoms with Crippen molar-refractivity contribution in [3.05, 3.63) is 131 Å². The van der Waals surface area contributed by atoms with Crippen LogP contribution in [0.15, 0.2) is 103 Å². The lowest BCUT2D eigenvalue weighted by atomic mass is 10.1. The molecule has 0 aliphatic carbocycles. The molecule has 1 N–H and O–H groups in total.